The second-order valence-electron chi connectivity index (χ2n) is 17.8. The fourth-order valence-corrected chi connectivity index (χ4v) is 12.7. The van der Waals surface area contributed by atoms with Crippen molar-refractivity contribution in [2.75, 3.05) is 30.3 Å². The predicted octanol–water partition coefficient (Wildman–Crippen LogP) is 5.60. The number of hydrogen-bond donors (Lipinski definition) is 6. The number of benzene rings is 3. The van der Waals surface area contributed by atoms with Crippen LogP contribution in [0.2, 0.25) is 5.02 Å². The SMILES string of the molecule is Cn1c(=O)n([C@@H]2CCC(=O)NC2=O)c2ccc(C3CC=[N+](C(=O)Nc4cccc(CS(=O)(=O)N5CC[C@@H](Nc6cc(-c7sc(C(=O)O)c(OCC(O)O)c7Cl)ccc6F)CC5(C)C)c4)CC3)cc21. The standard InChI is InChI=1S/C46H49ClFN7O11S2/c1-46(2)22-30(49-32-20-28(7-9-31(32)48)40-38(47)39(66-23-37(57)58)41(67-40)43(60)61)15-18-54(46)68(64,65)24-25-5-4-6-29(19-25)50-44(62)53-16-13-26(14-17-53)27-8-10-33-35(21-27)52(3)45(63)55(33)34-11-12-36(56)51-42(34)59/h4-10,16,19-21,26,30,34,37,49,57-58H,11-15,17-18,22-24H2,1-3H3,(H2-,50,51,56,59,60,61,62)/p+1/t26?,30-,34-/m1/s1. The van der Waals surface area contributed by atoms with Crippen molar-refractivity contribution in [2.24, 2.45) is 7.05 Å². The Bertz CT molecular complexity index is 3060. The van der Waals surface area contributed by atoms with Gasteiger partial charge in [0.25, 0.3) is 0 Å². The molecule has 8 rings (SSSR count). The number of urea groups is 1. The Kier molecular flexibility index (Phi) is 13.7. The number of halogens is 2. The molecule has 0 spiro atoms. The van der Waals surface area contributed by atoms with Gasteiger partial charge in [-0.05, 0) is 98.5 Å². The van der Waals surface area contributed by atoms with Crippen LogP contribution in [0.1, 0.15) is 85.1 Å². The number of aromatic carboxylic acids is 1. The lowest BCUT2D eigenvalue weighted by Crippen LogP contribution is -2.55. The van der Waals surface area contributed by atoms with Gasteiger partial charge in [-0.3, -0.25) is 24.0 Å². The van der Waals surface area contributed by atoms with E-state index in [0.29, 0.717) is 60.1 Å². The van der Waals surface area contributed by atoms with Crippen molar-refractivity contribution in [1.82, 2.24) is 18.8 Å². The van der Waals surface area contributed by atoms with Crippen LogP contribution in [0.3, 0.4) is 0 Å². The van der Waals surface area contributed by atoms with Crippen LogP contribution in [-0.2, 0) is 32.4 Å². The number of sulfonamides is 1. The quantitative estimate of drug-likeness (QED) is 0.0480. The molecule has 0 aliphatic carbocycles. The molecule has 5 heterocycles. The summed E-state index contributed by atoms with van der Waals surface area (Å²) < 4.78 is 54.6. The number of aliphatic hydroxyl groups excluding tert-OH is 1. The van der Waals surface area contributed by atoms with Gasteiger partial charge >= 0.3 is 17.7 Å². The van der Waals surface area contributed by atoms with E-state index in [1.807, 2.05) is 24.4 Å². The van der Waals surface area contributed by atoms with E-state index in [0.717, 1.165) is 16.9 Å². The molecule has 0 radical (unpaired) electrons. The van der Waals surface area contributed by atoms with Crippen molar-refractivity contribution in [1.29, 1.82) is 0 Å². The van der Waals surface area contributed by atoms with Gasteiger partial charge in [-0.2, -0.15) is 9.10 Å². The molecule has 1 unspecified atom stereocenters. The molecule has 18 nitrogen and oxygen atoms in total. The van der Waals surface area contributed by atoms with Crippen LogP contribution in [0.15, 0.2) is 65.5 Å². The zero-order valence-corrected chi connectivity index (χ0v) is 39.6. The smallest absolute Gasteiger partial charge is 0.485 e. The van der Waals surface area contributed by atoms with Crippen LogP contribution >= 0.6 is 22.9 Å². The van der Waals surface area contributed by atoms with Gasteiger partial charge in [0.15, 0.2) is 16.9 Å². The summed E-state index contributed by atoms with van der Waals surface area (Å²) in [5.41, 5.74) is 2.37. The number of ether oxygens (including phenoxy) is 1. The molecule has 6 N–H and O–H groups in total. The van der Waals surface area contributed by atoms with Gasteiger partial charge in [0.2, 0.25) is 21.8 Å². The lowest BCUT2D eigenvalue weighted by atomic mass is 9.89. The Morgan fingerprint density at radius 3 is 2.53 bits per heavy atom. The second kappa shape index (κ2) is 19.2. The van der Waals surface area contributed by atoms with Gasteiger partial charge < -0.3 is 25.4 Å². The minimum Gasteiger partial charge on any atom is -0.485 e. The zero-order valence-electron chi connectivity index (χ0n) is 37.2. The number of anilines is 2. The molecule has 3 aliphatic heterocycles. The number of amides is 4. The molecule has 2 saturated heterocycles. The van der Waals surface area contributed by atoms with Gasteiger partial charge in [0.1, 0.15) is 29.2 Å². The molecule has 360 valence electrons. The molecule has 5 aromatic rings. The number of imide groups is 1. The summed E-state index contributed by atoms with van der Waals surface area (Å²) in [5, 5.41) is 36.5. The van der Waals surface area contributed by atoms with Crippen LogP contribution in [0.4, 0.5) is 20.6 Å². The van der Waals surface area contributed by atoms with E-state index >= 15 is 4.39 Å². The number of carbonyl (C=O) groups excluding carboxylic acids is 3. The highest BCUT2D eigenvalue weighted by atomic mass is 35.5. The maximum absolute atomic E-state index is 15.3. The molecular weight excluding hydrogens is 945 g/mol. The first-order chi connectivity index (χ1) is 32.2. The highest BCUT2D eigenvalue weighted by Gasteiger charge is 2.42. The maximum atomic E-state index is 15.3. The van der Waals surface area contributed by atoms with E-state index in [1.54, 1.807) is 49.7 Å². The average molecular weight is 996 g/mol. The number of carboxylic acids is 1. The number of carboxylic acid groups (broad SMARTS) is 1. The van der Waals surface area contributed by atoms with Gasteiger partial charge in [-0.25, -0.2) is 32.3 Å². The first-order valence-electron chi connectivity index (χ1n) is 21.9. The van der Waals surface area contributed by atoms with E-state index < -0.39 is 52.2 Å². The molecule has 3 aromatic carbocycles. The molecule has 0 bridgehead atoms. The minimum absolute atomic E-state index is 0.0568. The first kappa shape index (κ1) is 48.5. The summed E-state index contributed by atoms with van der Waals surface area (Å²) in [5.74, 6) is -3.31. The molecule has 2 fully saturated rings. The Hall–Kier alpha value is -5.97. The number of fused-ring (bicyclic) bond motifs is 1. The van der Waals surface area contributed by atoms with Crippen molar-refractivity contribution in [2.45, 2.75) is 88.0 Å². The van der Waals surface area contributed by atoms with Gasteiger partial charge in [0.05, 0.1) is 40.1 Å². The number of piperidine rings is 2. The normalized spacial score (nSPS) is 20.0. The lowest BCUT2D eigenvalue weighted by Gasteiger charge is -2.45. The van der Waals surface area contributed by atoms with Crippen LogP contribution in [0.25, 0.3) is 21.5 Å². The average Bonchev–Trinajstić information content (AvgIpc) is 3.74. The highest BCUT2D eigenvalue weighted by Crippen LogP contribution is 2.46. The Morgan fingerprint density at radius 2 is 1.84 bits per heavy atom. The third-order valence-electron chi connectivity index (χ3n) is 12.6. The molecule has 68 heavy (non-hydrogen) atoms. The molecule has 3 aliphatic rings. The van der Waals surface area contributed by atoms with Crippen molar-refractivity contribution < 1.29 is 56.6 Å². The Balaban J connectivity index is 0.884. The topological polar surface area (TPSA) is 242 Å². The van der Waals surface area contributed by atoms with Crippen LogP contribution < -0.4 is 26.4 Å². The lowest BCUT2D eigenvalue weighted by molar-refractivity contribution is -0.426. The molecular formula is C46H50ClFN7O11S2+. The summed E-state index contributed by atoms with van der Waals surface area (Å²) in [4.78, 5) is 63.0. The van der Waals surface area contributed by atoms with E-state index in [4.69, 9.17) is 16.3 Å². The third kappa shape index (κ3) is 9.94. The number of nitrogens with one attached hydrogen (secondary N) is 3. The molecule has 2 aromatic heterocycles. The van der Waals surface area contributed by atoms with E-state index in [-0.39, 0.29) is 80.9 Å². The van der Waals surface area contributed by atoms with Gasteiger partial charge in [-0.15, -0.1) is 11.3 Å². The highest BCUT2D eigenvalue weighted by molar-refractivity contribution is 7.88. The fourth-order valence-electron chi connectivity index (χ4n) is 9.36. The van der Waals surface area contributed by atoms with E-state index in [2.05, 4.69) is 16.0 Å². The van der Waals surface area contributed by atoms with E-state index in [9.17, 15) is 47.7 Å². The summed E-state index contributed by atoms with van der Waals surface area (Å²) in [6.45, 7) is 3.51. The number of nitrogens with zero attached hydrogens (tertiary/aromatic N) is 4. The van der Waals surface area contributed by atoms with E-state index in [1.165, 1.54) is 31.6 Å². The number of imidazole rings is 1. The number of aromatic nitrogens is 2. The number of carbonyl (C=O) groups is 4. The number of aryl methyl sites for hydroxylation is 1. The van der Waals surface area contributed by atoms with Crippen molar-refractivity contribution >= 4 is 85.4 Å². The molecule has 4 amide bonds. The Morgan fingerprint density at radius 1 is 1.06 bits per heavy atom. The first-order valence-corrected chi connectivity index (χ1v) is 24.7. The summed E-state index contributed by atoms with van der Waals surface area (Å²) in [6, 6.07) is 15.0. The monoisotopic (exact) mass is 994 g/mol. The second-order valence-corrected chi connectivity index (χ2v) is 21.1. The zero-order chi connectivity index (χ0) is 48.8. The summed E-state index contributed by atoms with van der Waals surface area (Å²) in [6.07, 6.45) is 2.16. The van der Waals surface area contributed by atoms with Crippen LogP contribution in [-0.4, -0.2) is 109 Å². The van der Waals surface area contributed by atoms with Crippen molar-refractivity contribution in [3.63, 3.8) is 0 Å². The summed E-state index contributed by atoms with van der Waals surface area (Å²) >= 11 is 7.28. The number of rotatable bonds is 13. The van der Waals surface area contributed by atoms with Crippen molar-refractivity contribution in [3.05, 3.63) is 98.0 Å². The number of thiophene rings is 1. The van der Waals surface area contributed by atoms with Gasteiger partial charge in [-0.1, -0.05) is 35.9 Å². The minimum atomic E-state index is -3.89. The third-order valence-corrected chi connectivity index (χ3v) is 16.4. The molecule has 22 heteroatoms. The predicted molar refractivity (Wildman–Crippen MR) is 253 cm³/mol. The summed E-state index contributed by atoms with van der Waals surface area (Å²) in [7, 11) is -2.25. The number of aliphatic hydroxyl groups is 2. The van der Waals surface area contributed by atoms with Gasteiger partial charge in [0, 0.05) is 38.0 Å². The van der Waals surface area contributed by atoms with Crippen LogP contribution in [0.5, 0.6) is 5.75 Å². The number of hydrogen-bond acceptors (Lipinski definition) is 12. The maximum Gasteiger partial charge on any atom is 0.495 e. The van der Waals surface area contributed by atoms with Crippen LogP contribution in [0, 0.1) is 5.82 Å². The van der Waals surface area contributed by atoms with Crippen molar-refractivity contribution in [3.8, 4) is 16.2 Å². The largest absolute Gasteiger partial charge is 0.495 e. The fraction of sp³-hybridized carbons (Fsp3) is 0.391. The Labute approximate surface area is 398 Å². The molecule has 3 atom stereocenters. The molecule has 0 saturated carbocycles.